The number of aromatic nitrogens is 3. The summed E-state index contributed by atoms with van der Waals surface area (Å²) >= 11 is 1.20. The minimum absolute atomic E-state index is 0.0708. The van der Waals surface area contributed by atoms with Crippen molar-refractivity contribution in [2.45, 2.75) is 51.4 Å². The van der Waals surface area contributed by atoms with Crippen LogP contribution in [0.3, 0.4) is 0 Å². The van der Waals surface area contributed by atoms with E-state index in [1.807, 2.05) is 20.8 Å². The van der Waals surface area contributed by atoms with Crippen molar-refractivity contribution in [1.29, 1.82) is 0 Å². The molecule has 2 atom stereocenters. The third-order valence-electron chi connectivity index (χ3n) is 5.13. The van der Waals surface area contributed by atoms with Crippen LogP contribution in [-0.4, -0.2) is 25.2 Å². The monoisotopic (exact) mass is 455 g/mol. The van der Waals surface area contributed by atoms with Crippen LogP contribution in [0.1, 0.15) is 44.9 Å². The van der Waals surface area contributed by atoms with Gasteiger partial charge in [-0.1, -0.05) is 0 Å². The second kappa shape index (κ2) is 7.28. The van der Waals surface area contributed by atoms with Crippen LogP contribution < -0.4 is 11.2 Å². The van der Waals surface area contributed by atoms with E-state index in [9.17, 15) is 22.8 Å². The topological polar surface area (TPSA) is 75.4 Å². The van der Waals surface area contributed by atoms with Crippen LogP contribution in [-0.2, 0) is 22.7 Å². The summed E-state index contributed by atoms with van der Waals surface area (Å²) in [6.07, 6.45) is -4.93. The SMILES string of the molecule is CC1CC(C)(C)OC(c2nsc3ccc(-n4c(=O)cc(C(F)(F)F)n(C)c4=O)cc23)O1. The number of nitrogens with zero attached hydrogens (tertiary/aromatic N) is 3. The maximum atomic E-state index is 13.1. The molecule has 4 rings (SSSR count). The molecule has 1 aliphatic heterocycles. The number of benzene rings is 1. The van der Waals surface area contributed by atoms with Crippen molar-refractivity contribution >= 4 is 21.6 Å². The van der Waals surface area contributed by atoms with Crippen LogP contribution in [0.5, 0.6) is 0 Å². The van der Waals surface area contributed by atoms with Crippen LogP contribution in [0.25, 0.3) is 15.8 Å². The van der Waals surface area contributed by atoms with Gasteiger partial charge in [-0.05, 0) is 50.5 Å². The second-order valence-corrected chi connectivity index (χ2v) is 8.96. The Balaban J connectivity index is 1.85. The number of fused-ring (bicyclic) bond motifs is 1. The summed E-state index contributed by atoms with van der Waals surface area (Å²) in [6.45, 7) is 5.83. The quantitative estimate of drug-likeness (QED) is 0.588. The van der Waals surface area contributed by atoms with E-state index in [2.05, 4.69) is 4.37 Å². The molecule has 3 aromatic rings. The van der Waals surface area contributed by atoms with E-state index in [4.69, 9.17) is 9.47 Å². The van der Waals surface area contributed by atoms with Gasteiger partial charge in [0.2, 0.25) is 6.29 Å². The molecule has 0 aliphatic carbocycles. The molecule has 0 amide bonds. The lowest BCUT2D eigenvalue weighted by atomic mass is 9.99. The third kappa shape index (κ3) is 3.92. The molecule has 31 heavy (non-hydrogen) atoms. The zero-order valence-electron chi connectivity index (χ0n) is 17.2. The summed E-state index contributed by atoms with van der Waals surface area (Å²) in [5.41, 5.74) is -3.27. The molecule has 1 saturated heterocycles. The van der Waals surface area contributed by atoms with Crippen molar-refractivity contribution in [3.8, 4) is 5.69 Å². The molecule has 1 aromatic carbocycles. The number of halogens is 3. The van der Waals surface area contributed by atoms with E-state index in [0.717, 1.165) is 11.7 Å². The second-order valence-electron chi connectivity index (χ2n) is 8.15. The first-order valence-electron chi connectivity index (χ1n) is 9.51. The van der Waals surface area contributed by atoms with Gasteiger partial charge in [0.1, 0.15) is 11.4 Å². The molecule has 1 aliphatic rings. The van der Waals surface area contributed by atoms with E-state index in [1.54, 1.807) is 12.1 Å². The highest BCUT2D eigenvalue weighted by atomic mass is 32.1. The minimum atomic E-state index is -4.82. The molecule has 0 bridgehead atoms. The molecule has 0 N–H and O–H groups in total. The van der Waals surface area contributed by atoms with E-state index in [-0.39, 0.29) is 11.8 Å². The van der Waals surface area contributed by atoms with Crippen molar-refractivity contribution in [3.05, 3.63) is 56.5 Å². The Hall–Kier alpha value is -2.50. The molecular formula is C20H20F3N3O4S. The van der Waals surface area contributed by atoms with Gasteiger partial charge in [0.05, 0.1) is 22.1 Å². The third-order valence-corrected chi connectivity index (χ3v) is 5.98. The van der Waals surface area contributed by atoms with Gasteiger partial charge in [-0.15, -0.1) is 0 Å². The fraction of sp³-hybridized carbons (Fsp3) is 0.450. The lowest BCUT2D eigenvalue weighted by Gasteiger charge is -2.38. The minimum Gasteiger partial charge on any atom is -0.344 e. The highest BCUT2D eigenvalue weighted by Crippen LogP contribution is 2.39. The van der Waals surface area contributed by atoms with E-state index >= 15 is 0 Å². The molecular weight excluding hydrogens is 435 g/mol. The maximum Gasteiger partial charge on any atom is 0.431 e. The van der Waals surface area contributed by atoms with Crippen molar-refractivity contribution < 1.29 is 22.6 Å². The van der Waals surface area contributed by atoms with Crippen LogP contribution >= 0.6 is 11.5 Å². The zero-order valence-corrected chi connectivity index (χ0v) is 18.0. The fourth-order valence-corrected chi connectivity index (χ4v) is 4.60. The number of hydrogen-bond acceptors (Lipinski definition) is 6. The molecule has 11 heteroatoms. The Bertz CT molecular complexity index is 1280. The van der Waals surface area contributed by atoms with Crippen molar-refractivity contribution in [1.82, 2.24) is 13.5 Å². The van der Waals surface area contributed by atoms with Gasteiger partial charge in [0, 0.05) is 24.9 Å². The summed E-state index contributed by atoms with van der Waals surface area (Å²) in [5, 5.41) is 0.603. The Morgan fingerprint density at radius 1 is 1.23 bits per heavy atom. The Kier molecular flexibility index (Phi) is 5.10. The van der Waals surface area contributed by atoms with Crippen LogP contribution in [0, 0.1) is 0 Å². The summed E-state index contributed by atoms with van der Waals surface area (Å²) in [4.78, 5) is 25.0. The van der Waals surface area contributed by atoms with Crippen LogP contribution in [0.4, 0.5) is 13.2 Å². The van der Waals surface area contributed by atoms with Crippen LogP contribution in [0.15, 0.2) is 33.9 Å². The summed E-state index contributed by atoms with van der Waals surface area (Å²) < 4.78 is 57.6. The summed E-state index contributed by atoms with van der Waals surface area (Å²) in [7, 11) is 0.977. The largest absolute Gasteiger partial charge is 0.431 e. The van der Waals surface area contributed by atoms with E-state index in [1.165, 1.54) is 17.6 Å². The van der Waals surface area contributed by atoms with Gasteiger partial charge in [-0.3, -0.25) is 9.36 Å². The summed E-state index contributed by atoms with van der Waals surface area (Å²) in [5.74, 6) is 0. The van der Waals surface area contributed by atoms with Crippen molar-refractivity contribution in [2.75, 3.05) is 0 Å². The first-order chi connectivity index (χ1) is 14.4. The average molecular weight is 455 g/mol. The normalized spacial score (nSPS) is 21.5. The molecule has 166 valence electrons. The van der Waals surface area contributed by atoms with Gasteiger partial charge in [-0.2, -0.15) is 17.5 Å². The maximum absolute atomic E-state index is 13.1. The average Bonchev–Trinajstić information content (AvgIpc) is 3.05. The lowest BCUT2D eigenvalue weighted by molar-refractivity contribution is -0.274. The molecule has 3 heterocycles. The Morgan fingerprint density at radius 2 is 1.94 bits per heavy atom. The molecule has 0 spiro atoms. The number of ether oxygens (including phenoxy) is 2. The van der Waals surface area contributed by atoms with Gasteiger partial charge >= 0.3 is 11.9 Å². The Labute approximate surface area is 178 Å². The standard InChI is InChI=1S/C20H20F3N3O4S/c1-10-9-19(2,3)30-17(29-10)16-12-7-11(5-6-13(12)31-24-16)26-15(27)8-14(20(21,22)23)25(4)18(26)28/h5-8,10,17H,9H2,1-4H3. The Morgan fingerprint density at radius 3 is 2.58 bits per heavy atom. The lowest BCUT2D eigenvalue weighted by Crippen LogP contribution is -2.40. The predicted octanol–water partition coefficient (Wildman–Crippen LogP) is 3.77. The smallest absolute Gasteiger partial charge is 0.344 e. The highest BCUT2D eigenvalue weighted by Gasteiger charge is 2.37. The van der Waals surface area contributed by atoms with Gasteiger partial charge in [-0.25, -0.2) is 9.36 Å². The van der Waals surface area contributed by atoms with Crippen molar-refractivity contribution in [2.24, 2.45) is 7.05 Å². The fourth-order valence-electron chi connectivity index (χ4n) is 3.83. The number of alkyl halides is 3. The van der Waals surface area contributed by atoms with E-state index < -0.39 is 35.0 Å². The van der Waals surface area contributed by atoms with Crippen molar-refractivity contribution in [3.63, 3.8) is 0 Å². The highest BCUT2D eigenvalue weighted by molar-refractivity contribution is 7.13. The van der Waals surface area contributed by atoms with Gasteiger partial charge in [0.25, 0.3) is 5.56 Å². The molecule has 0 saturated carbocycles. The molecule has 1 fully saturated rings. The zero-order chi connectivity index (χ0) is 22.7. The van der Waals surface area contributed by atoms with Gasteiger partial charge < -0.3 is 9.47 Å². The predicted molar refractivity (Wildman–Crippen MR) is 109 cm³/mol. The first kappa shape index (κ1) is 21.7. The van der Waals surface area contributed by atoms with Gasteiger partial charge in [0.15, 0.2) is 0 Å². The first-order valence-corrected chi connectivity index (χ1v) is 10.3. The molecule has 0 radical (unpaired) electrons. The molecule has 2 unspecified atom stereocenters. The molecule has 2 aromatic heterocycles. The summed E-state index contributed by atoms with van der Waals surface area (Å²) in [6, 6.07) is 5.11. The van der Waals surface area contributed by atoms with Crippen LogP contribution in [0.2, 0.25) is 0 Å². The number of hydrogen-bond donors (Lipinski definition) is 0. The molecule has 7 nitrogen and oxygen atoms in total. The van der Waals surface area contributed by atoms with E-state index in [0.29, 0.717) is 32.7 Å². The number of rotatable bonds is 2.